The lowest BCUT2D eigenvalue weighted by Gasteiger charge is -2.50. The number of nitrogens with one attached hydrogen (secondary N) is 1. The van der Waals surface area contributed by atoms with Gasteiger partial charge in [-0.25, -0.2) is 0 Å². The molecule has 1 saturated heterocycles. The number of fused-ring (bicyclic) bond motifs is 2. The van der Waals surface area contributed by atoms with Crippen molar-refractivity contribution in [2.45, 2.75) is 71.4 Å². The van der Waals surface area contributed by atoms with Crippen molar-refractivity contribution in [2.24, 2.45) is 23.2 Å². The van der Waals surface area contributed by atoms with Crippen LogP contribution in [0.4, 0.5) is 0 Å². The van der Waals surface area contributed by atoms with E-state index < -0.39 is 0 Å². The van der Waals surface area contributed by atoms with Gasteiger partial charge >= 0.3 is 5.97 Å². The van der Waals surface area contributed by atoms with Gasteiger partial charge in [-0.2, -0.15) is 0 Å². The van der Waals surface area contributed by atoms with Crippen LogP contribution in [0.25, 0.3) is 0 Å². The van der Waals surface area contributed by atoms with E-state index in [1.807, 2.05) is 0 Å². The Hall–Kier alpha value is -0.830. The van der Waals surface area contributed by atoms with Gasteiger partial charge in [0.05, 0.1) is 5.92 Å². The second kappa shape index (κ2) is 5.99. The number of rotatable bonds is 4. The molecule has 3 rings (SSSR count). The highest BCUT2D eigenvalue weighted by molar-refractivity contribution is 5.75. The summed E-state index contributed by atoms with van der Waals surface area (Å²) in [5, 5.41) is 3.51. The van der Waals surface area contributed by atoms with Crippen molar-refractivity contribution >= 4 is 5.97 Å². The first-order chi connectivity index (χ1) is 10.4. The van der Waals surface area contributed by atoms with Gasteiger partial charge < -0.3 is 10.1 Å². The van der Waals surface area contributed by atoms with Gasteiger partial charge in [0.2, 0.25) is 0 Å². The monoisotopic (exact) mass is 305 g/mol. The lowest BCUT2D eigenvalue weighted by atomic mass is 9.55. The van der Waals surface area contributed by atoms with Gasteiger partial charge in [-0.05, 0) is 56.8 Å². The summed E-state index contributed by atoms with van der Waals surface area (Å²) in [6.07, 6.45) is 7.04. The highest BCUT2D eigenvalue weighted by Gasteiger charge is 2.54. The highest BCUT2D eigenvalue weighted by atomic mass is 16.6. The first kappa shape index (κ1) is 16.0. The molecule has 124 valence electrons. The summed E-state index contributed by atoms with van der Waals surface area (Å²) in [7, 11) is 0. The normalized spacial score (nSPS) is 42.5. The van der Waals surface area contributed by atoms with E-state index in [1.54, 1.807) is 0 Å². The van der Waals surface area contributed by atoms with Crippen molar-refractivity contribution in [2.75, 3.05) is 6.54 Å². The van der Waals surface area contributed by atoms with E-state index in [4.69, 9.17) is 4.74 Å². The van der Waals surface area contributed by atoms with Crippen LogP contribution in [0.3, 0.4) is 0 Å². The van der Waals surface area contributed by atoms with E-state index >= 15 is 0 Å². The third-order valence-electron chi connectivity index (χ3n) is 6.62. The molecule has 1 heterocycles. The fraction of sp³-hybridized carbons (Fsp3) is 0.842. The number of esters is 1. The minimum Gasteiger partial charge on any atom is -0.462 e. The lowest BCUT2D eigenvalue weighted by Crippen LogP contribution is -2.45. The molecule has 3 heteroatoms. The van der Waals surface area contributed by atoms with Gasteiger partial charge in [0.15, 0.2) is 0 Å². The predicted octanol–water partition coefficient (Wildman–Crippen LogP) is 3.69. The smallest absolute Gasteiger partial charge is 0.310 e. The van der Waals surface area contributed by atoms with Crippen LogP contribution in [0.5, 0.6) is 0 Å². The molecule has 3 fully saturated rings. The fourth-order valence-electron chi connectivity index (χ4n) is 4.96. The van der Waals surface area contributed by atoms with Crippen molar-refractivity contribution in [1.29, 1.82) is 0 Å². The number of allylic oxidation sites excluding steroid dienone is 1. The van der Waals surface area contributed by atoms with Gasteiger partial charge in [-0.3, -0.25) is 4.79 Å². The number of hydrogen-bond donors (Lipinski definition) is 1. The molecule has 1 aliphatic heterocycles. The standard InChI is InChI=1S/C19H31NO2/c1-5-13(3)20-11-15-14-9-16-12(2)7-6-8-19(16,4)10-17(14)22-18(15)21/h13-17,20H,2,5-11H2,1,3-4H3/t13-,14-,15+,16-,17-,19-/m1/s1. The first-order valence-electron chi connectivity index (χ1n) is 9.06. The quantitative estimate of drug-likeness (QED) is 0.636. The van der Waals surface area contributed by atoms with Crippen LogP contribution in [-0.4, -0.2) is 24.7 Å². The Labute approximate surface area is 134 Å². The Kier molecular flexibility index (Phi) is 4.37. The zero-order chi connectivity index (χ0) is 15.9. The summed E-state index contributed by atoms with van der Waals surface area (Å²) >= 11 is 0. The van der Waals surface area contributed by atoms with Crippen molar-refractivity contribution in [3.63, 3.8) is 0 Å². The Morgan fingerprint density at radius 1 is 1.50 bits per heavy atom. The van der Waals surface area contributed by atoms with Gasteiger partial charge in [0.25, 0.3) is 0 Å². The summed E-state index contributed by atoms with van der Waals surface area (Å²) in [6, 6.07) is 0.463. The largest absolute Gasteiger partial charge is 0.462 e. The maximum Gasteiger partial charge on any atom is 0.310 e. The van der Waals surface area contributed by atoms with E-state index in [0.717, 1.165) is 25.8 Å². The summed E-state index contributed by atoms with van der Waals surface area (Å²) in [4.78, 5) is 12.3. The molecule has 0 bridgehead atoms. The summed E-state index contributed by atoms with van der Waals surface area (Å²) in [5.41, 5.74) is 1.72. The second-order valence-corrected chi connectivity index (χ2v) is 8.12. The molecule has 1 N–H and O–H groups in total. The van der Waals surface area contributed by atoms with E-state index in [9.17, 15) is 4.79 Å². The van der Waals surface area contributed by atoms with Gasteiger partial charge in [-0.1, -0.05) is 26.0 Å². The second-order valence-electron chi connectivity index (χ2n) is 8.12. The van der Waals surface area contributed by atoms with Gasteiger partial charge in [0.1, 0.15) is 6.10 Å². The Morgan fingerprint density at radius 2 is 2.27 bits per heavy atom. The Balaban J connectivity index is 1.73. The van der Waals surface area contributed by atoms with Crippen LogP contribution in [0, 0.1) is 23.2 Å². The summed E-state index contributed by atoms with van der Waals surface area (Å²) < 4.78 is 5.78. The molecule has 3 aliphatic rings. The average molecular weight is 305 g/mol. The third kappa shape index (κ3) is 2.73. The van der Waals surface area contributed by atoms with Crippen LogP contribution in [0.1, 0.15) is 59.3 Å². The van der Waals surface area contributed by atoms with Crippen LogP contribution >= 0.6 is 0 Å². The molecule has 2 aliphatic carbocycles. The van der Waals surface area contributed by atoms with Crippen molar-refractivity contribution in [3.05, 3.63) is 12.2 Å². The molecule has 0 radical (unpaired) electrons. The third-order valence-corrected chi connectivity index (χ3v) is 6.62. The number of ether oxygens (including phenoxy) is 1. The maximum atomic E-state index is 12.3. The minimum atomic E-state index is 0.0265. The van der Waals surface area contributed by atoms with Gasteiger partial charge in [0, 0.05) is 18.5 Å². The SMILES string of the molecule is C=C1CCC[C@]2(C)C[C@H]3OC(=O)[C@@H](CN[C@H](C)CC)[C@H]3C[C@H]12. The van der Waals surface area contributed by atoms with Crippen LogP contribution < -0.4 is 5.32 Å². The Morgan fingerprint density at radius 3 is 3.00 bits per heavy atom. The number of carbonyl (C=O) groups is 1. The number of carbonyl (C=O) groups excluding carboxylic acids is 1. The summed E-state index contributed by atoms with van der Waals surface area (Å²) in [5.74, 6) is 1.04. The van der Waals surface area contributed by atoms with E-state index in [2.05, 4.69) is 32.7 Å². The molecule has 0 aromatic carbocycles. The van der Waals surface area contributed by atoms with Crippen LogP contribution in [0.15, 0.2) is 12.2 Å². The molecule has 6 atom stereocenters. The van der Waals surface area contributed by atoms with E-state index in [0.29, 0.717) is 23.3 Å². The molecule has 3 nitrogen and oxygen atoms in total. The van der Waals surface area contributed by atoms with Crippen LogP contribution in [0.2, 0.25) is 0 Å². The average Bonchev–Trinajstić information content (AvgIpc) is 2.77. The fourth-order valence-corrected chi connectivity index (χ4v) is 4.96. The first-order valence-corrected chi connectivity index (χ1v) is 9.06. The molecule has 0 amide bonds. The van der Waals surface area contributed by atoms with Gasteiger partial charge in [-0.15, -0.1) is 0 Å². The Bertz CT molecular complexity index is 460. The molecular formula is C19H31NO2. The topological polar surface area (TPSA) is 38.3 Å². The molecule has 0 aromatic rings. The minimum absolute atomic E-state index is 0.0265. The molecular weight excluding hydrogens is 274 g/mol. The van der Waals surface area contributed by atoms with Crippen LogP contribution in [-0.2, 0) is 9.53 Å². The molecule has 0 unspecified atom stereocenters. The number of hydrogen-bond acceptors (Lipinski definition) is 3. The molecule has 0 spiro atoms. The molecule has 22 heavy (non-hydrogen) atoms. The lowest BCUT2D eigenvalue weighted by molar-refractivity contribution is -0.146. The maximum absolute atomic E-state index is 12.3. The summed E-state index contributed by atoms with van der Waals surface area (Å²) in [6.45, 7) is 11.9. The van der Waals surface area contributed by atoms with Crippen molar-refractivity contribution < 1.29 is 9.53 Å². The van der Waals surface area contributed by atoms with Crippen molar-refractivity contribution in [1.82, 2.24) is 5.32 Å². The molecule has 2 saturated carbocycles. The zero-order valence-corrected chi connectivity index (χ0v) is 14.4. The molecule has 0 aromatic heterocycles. The van der Waals surface area contributed by atoms with E-state index in [1.165, 1.54) is 24.8 Å². The van der Waals surface area contributed by atoms with Crippen molar-refractivity contribution in [3.8, 4) is 0 Å². The highest BCUT2D eigenvalue weighted by Crippen LogP contribution is 2.56. The van der Waals surface area contributed by atoms with E-state index in [-0.39, 0.29) is 18.0 Å². The zero-order valence-electron chi connectivity index (χ0n) is 14.4. The predicted molar refractivity (Wildman–Crippen MR) is 88.4 cm³/mol.